The highest BCUT2D eigenvalue weighted by atomic mass is 32.2. The fraction of sp³-hybridized carbons (Fsp3) is 0.208. The molecule has 328 valence electrons. The number of aliphatic hydroxyl groups excluding tert-OH is 1. The highest BCUT2D eigenvalue weighted by Gasteiger charge is 2.40. The summed E-state index contributed by atoms with van der Waals surface area (Å²) < 4.78 is 25.3. The van der Waals surface area contributed by atoms with Gasteiger partial charge >= 0.3 is 6.09 Å². The molecule has 0 bridgehead atoms. The molecule has 3 amide bonds. The number of hydrogen-bond acceptors (Lipinski definition) is 10. The van der Waals surface area contributed by atoms with Crippen molar-refractivity contribution in [3.63, 3.8) is 0 Å². The molecule has 1 aromatic heterocycles. The van der Waals surface area contributed by atoms with Gasteiger partial charge in [-0.15, -0.1) is 0 Å². The maximum atomic E-state index is 13.3. The van der Waals surface area contributed by atoms with Gasteiger partial charge < -0.3 is 29.1 Å². The number of nitrogens with one attached hydrogen (secondary N) is 1. The molecule has 2 N–H and O–H groups in total. The minimum absolute atomic E-state index is 0.0476. The summed E-state index contributed by atoms with van der Waals surface area (Å²) in [6.07, 6.45) is -2.14. The van der Waals surface area contributed by atoms with Crippen LogP contribution >= 0.6 is 11.8 Å². The van der Waals surface area contributed by atoms with Crippen LogP contribution in [0.3, 0.4) is 0 Å². The highest BCUT2D eigenvalue weighted by molar-refractivity contribution is 7.99. The second-order valence-electron chi connectivity index (χ2n) is 16.1. The van der Waals surface area contributed by atoms with Gasteiger partial charge in [0, 0.05) is 28.4 Å². The van der Waals surface area contributed by atoms with Crippen molar-refractivity contribution >= 4 is 29.7 Å². The Morgan fingerprint density at radius 3 is 2.09 bits per heavy atom. The molecule has 2 aliphatic rings. The average Bonchev–Trinajstić information content (AvgIpc) is 3.90. The van der Waals surface area contributed by atoms with E-state index < -0.39 is 24.3 Å². The summed E-state index contributed by atoms with van der Waals surface area (Å²) in [7, 11) is 0. The zero-order valence-electron chi connectivity index (χ0n) is 35.6. The fourth-order valence-corrected chi connectivity index (χ4v) is 9.12. The third-order valence-corrected chi connectivity index (χ3v) is 12.6. The van der Waals surface area contributed by atoms with Gasteiger partial charge in [-0.05, 0) is 39.4 Å². The maximum Gasteiger partial charge on any atom is 0.408 e. The highest BCUT2D eigenvalue weighted by Crippen LogP contribution is 2.44. The average molecular weight is 886 g/mol. The zero-order valence-corrected chi connectivity index (χ0v) is 36.4. The van der Waals surface area contributed by atoms with Crippen LogP contribution in [-0.4, -0.2) is 50.8 Å². The molecule has 65 heavy (non-hydrogen) atoms. The number of ether oxygens (including phenoxy) is 3. The molecule has 0 saturated carbocycles. The van der Waals surface area contributed by atoms with Crippen molar-refractivity contribution < 1.29 is 38.1 Å². The number of amides is 3. The lowest BCUT2D eigenvalue weighted by Crippen LogP contribution is -2.41. The number of hydrogen-bond donors (Lipinski definition) is 2. The Labute approximate surface area is 381 Å². The molecule has 2 aliphatic heterocycles. The van der Waals surface area contributed by atoms with Gasteiger partial charge in [0.2, 0.25) is 5.91 Å². The Balaban J connectivity index is 0.893. The SMILES string of the molecule is CC1C(CSc2nc(-c3ccccc3)c(-c3ccccc3)o2)OC(c2ccc(-c3cccc(CN4C(=O)CC(NC(=O)OCc5ccccc5)C4=O)c3)cc2)OC1c1ccc(CO)cc1. The van der Waals surface area contributed by atoms with Gasteiger partial charge in [0.05, 0.1) is 31.8 Å². The normalized spacial score (nSPS) is 19.6. The number of imide groups is 1. The number of aliphatic hydroxyl groups is 1. The second kappa shape index (κ2) is 19.9. The number of likely N-dealkylation sites (tertiary alicyclic amines) is 1. The first-order valence-corrected chi connectivity index (χ1v) is 22.5. The van der Waals surface area contributed by atoms with E-state index in [2.05, 4.69) is 12.2 Å². The topological polar surface area (TPSA) is 140 Å². The van der Waals surface area contributed by atoms with Crippen LogP contribution < -0.4 is 5.32 Å². The molecule has 2 saturated heterocycles. The minimum atomic E-state index is -0.992. The smallest absolute Gasteiger partial charge is 0.408 e. The predicted molar refractivity (Wildman–Crippen MR) is 247 cm³/mol. The summed E-state index contributed by atoms with van der Waals surface area (Å²) in [6, 6.07) is 51.8. The summed E-state index contributed by atoms with van der Waals surface area (Å²) in [5.41, 5.74) is 8.75. The second-order valence-corrected chi connectivity index (χ2v) is 17.1. The van der Waals surface area contributed by atoms with E-state index in [4.69, 9.17) is 23.6 Å². The molecule has 2 fully saturated rings. The molecule has 0 radical (unpaired) electrons. The lowest BCUT2D eigenvalue weighted by molar-refractivity contribution is -0.268. The van der Waals surface area contributed by atoms with Crippen molar-refractivity contribution in [2.45, 2.75) is 62.9 Å². The van der Waals surface area contributed by atoms with E-state index in [1.54, 1.807) is 0 Å². The molecule has 0 spiro atoms. The summed E-state index contributed by atoms with van der Waals surface area (Å²) in [4.78, 5) is 44.9. The number of benzene rings is 6. The first-order valence-electron chi connectivity index (χ1n) is 21.6. The van der Waals surface area contributed by atoms with Crippen LogP contribution in [0.2, 0.25) is 0 Å². The zero-order chi connectivity index (χ0) is 44.7. The standard InChI is InChI=1S/C53H47N3O8S/c1-34-45(33-65-53-55-47(39-15-7-3-8-16-39)49(64-53)40-17-9-4-10-18-40)62-51(63-48(34)41-22-20-35(31-57)21-23-41)42-26-24-38(25-27-42)43-19-11-14-37(28-43)30-56-46(58)29-44(50(56)59)54-52(60)61-32-36-12-5-2-6-13-36/h2-28,34,44-45,48,51,57H,29-33H2,1H3,(H,54,60). The molecule has 6 aromatic carbocycles. The third-order valence-electron chi connectivity index (χ3n) is 11.7. The summed E-state index contributed by atoms with van der Waals surface area (Å²) >= 11 is 1.51. The molecule has 12 heteroatoms. The van der Waals surface area contributed by atoms with E-state index in [0.29, 0.717) is 16.7 Å². The molecule has 9 rings (SSSR count). The summed E-state index contributed by atoms with van der Waals surface area (Å²) in [5.74, 6) is 0.373. The van der Waals surface area contributed by atoms with Crippen LogP contribution in [0, 0.1) is 5.92 Å². The number of aromatic nitrogens is 1. The maximum absolute atomic E-state index is 13.3. The van der Waals surface area contributed by atoms with Crippen LogP contribution in [0.4, 0.5) is 4.79 Å². The Hall–Kier alpha value is -6.83. The van der Waals surface area contributed by atoms with Gasteiger partial charge in [-0.1, -0.05) is 176 Å². The van der Waals surface area contributed by atoms with Crippen LogP contribution in [0.25, 0.3) is 33.7 Å². The van der Waals surface area contributed by atoms with Crippen molar-refractivity contribution in [3.8, 4) is 33.7 Å². The molecule has 3 heterocycles. The van der Waals surface area contributed by atoms with Gasteiger partial charge in [-0.25, -0.2) is 9.78 Å². The predicted octanol–water partition coefficient (Wildman–Crippen LogP) is 10.3. The lowest BCUT2D eigenvalue weighted by atomic mass is 9.91. The van der Waals surface area contributed by atoms with Crippen molar-refractivity contribution in [3.05, 3.63) is 192 Å². The summed E-state index contributed by atoms with van der Waals surface area (Å²) in [5, 5.41) is 12.8. The Morgan fingerprint density at radius 2 is 1.38 bits per heavy atom. The van der Waals surface area contributed by atoms with E-state index in [1.165, 1.54) is 16.7 Å². The quantitative estimate of drug-likeness (QED) is 0.0801. The van der Waals surface area contributed by atoms with E-state index in [1.807, 2.05) is 164 Å². The van der Waals surface area contributed by atoms with Crippen LogP contribution in [0.5, 0.6) is 0 Å². The largest absolute Gasteiger partial charge is 0.445 e. The van der Waals surface area contributed by atoms with Gasteiger partial charge in [-0.2, -0.15) is 0 Å². The number of alkyl carbamates (subject to hydrolysis) is 1. The Morgan fingerprint density at radius 1 is 0.738 bits per heavy atom. The number of carbonyl (C=O) groups excluding carboxylic acids is 3. The number of nitrogens with zero attached hydrogens (tertiary/aromatic N) is 2. The van der Waals surface area contributed by atoms with Crippen LogP contribution in [0.1, 0.15) is 53.6 Å². The van der Waals surface area contributed by atoms with Gasteiger partial charge in [0.25, 0.3) is 11.1 Å². The number of carbonyl (C=O) groups is 3. The number of thioether (sulfide) groups is 1. The molecule has 5 unspecified atom stereocenters. The first-order chi connectivity index (χ1) is 31.8. The molecule has 5 atom stereocenters. The van der Waals surface area contributed by atoms with E-state index in [0.717, 1.165) is 55.8 Å². The van der Waals surface area contributed by atoms with Crippen molar-refractivity contribution in [1.29, 1.82) is 0 Å². The van der Waals surface area contributed by atoms with Crippen molar-refractivity contribution in [2.24, 2.45) is 5.92 Å². The molecular formula is C53H47N3O8S. The van der Waals surface area contributed by atoms with E-state index in [9.17, 15) is 19.5 Å². The van der Waals surface area contributed by atoms with E-state index >= 15 is 0 Å². The van der Waals surface area contributed by atoms with Gasteiger partial charge in [-0.3, -0.25) is 14.5 Å². The van der Waals surface area contributed by atoms with Gasteiger partial charge in [0.1, 0.15) is 18.3 Å². The number of rotatable bonds is 14. The molecule has 7 aromatic rings. The van der Waals surface area contributed by atoms with E-state index in [-0.39, 0.29) is 50.2 Å². The first kappa shape index (κ1) is 43.4. The number of oxazole rings is 1. The van der Waals surface area contributed by atoms with Crippen molar-refractivity contribution in [2.75, 3.05) is 5.75 Å². The van der Waals surface area contributed by atoms with Crippen molar-refractivity contribution in [1.82, 2.24) is 15.2 Å². The van der Waals surface area contributed by atoms with Gasteiger partial charge in [0.15, 0.2) is 12.1 Å². The Kier molecular flexibility index (Phi) is 13.3. The summed E-state index contributed by atoms with van der Waals surface area (Å²) in [6.45, 7) is 2.20. The fourth-order valence-electron chi connectivity index (χ4n) is 8.14. The Bertz CT molecular complexity index is 2680. The van der Waals surface area contributed by atoms with Crippen LogP contribution in [-0.2, 0) is 43.6 Å². The minimum Gasteiger partial charge on any atom is -0.445 e. The monoisotopic (exact) mass is 885 g/mol. The molecule has 11 nitrogen and oxygen atoms in total. The molecule has 0 aliphatic carbocycles. The lowest BCUT2D eigenvalue weighted by Gasteiger charge is -2.41. The third kappa shape index (κ3) is 10.1. The molecular weight excluding hydrogens is 839 g/mol. The van der Waals surface area contributed by atoms with Crippen LogP contribution in [0.15, 0.2) is 173 Å².